The van der Waals surface area contributed by atoms with Gasteiger partial charge in [0.05, 0.1) is 38.6 Å². The van der Waals surface area contributed by atoms with Gasteiger partial charge in [-0.1, -0.05) is 278 Å². The number of carbonyl (C=O) groups is 1. The van der Waals surface area contributed by atoms with Crippen molar-refractivity contribution in [2.75, 3.05) is 26.4 Å². The van der Waals surface area contributed by atoms with Gasteiger partial charge in [-0.2, -0.15) is 0 Å². The number of rotatable bonds is 61. The summed E-state index contributed by atoms with van der Waals surface area (Å²) in [6, 6.07) is -1.01. The van der Waals surface area contributed by atoms with E-state index in [9.17, 15) is 61.0 Å². The molecule has 578 valence electrons. The van der Waals surface area contributed by atoms with Crippen molar-refractivity contribution in [2.24, 2.45) is 0 Å². The molecule has 0 saturated carbocycles. The monoisotopic (exact) mass is 1420 g/mol. The van der Waals surface area contributed by atoms with Crippen LogP contribution in [0.5, 0.6) is 0 Å². The first kappa shape index (κ1) is 90.9. The van der Waals surface area contributed by atoms with E-state index >= 15 is 0 Å². The van der Waals surface area contributed by atoms with Crippen LogP contribution in [-0.2, 0) is 33.2 Å². The molecule has 19 heteroatoms. The normalized spacial score (nSPS) is 27.0. The van der Waals surface area contributed by atoms with E-state index in [0.29, 0.717) is 12.8 Å². The zero-order chi connectivity index (χ0) is 72.5. The summed E-state index contributed by atoms with van der Waals surface area (Å²) >= 11 is 0. The van der Waals surface area contributed by atoms with Crippen LogP contribution in [-0.4, -0.2) is 193 Å². The van der Waals surface area contributed by atoms with Gasteiger partial charge in [-0.15, -0.1) is 0 Å². The quantitative estimate of drug-likeness (QED) is 0.0199. The average Bonchev–Trinajstić information content (AvgIpc) is 0.783. The summed E-state index contributed by atoms with van der Waals surface area (Å²) in [5.74, 6) is -0.295. The lowest BCUT2D eigenvalue weighted by atomic mass is 9.96. The molecule has 0 aromatic heterocycles. The Labute approximate surface area is 603 Å². The van der Waals surface area contributed by atoms with Gasteiger partial charge in [0.1, 0.15) is 73.2 Å². The molecule has 17 atom stereocenters. The number of carbonyl (C=O) groups excluding carboxylic acids is 1. The third-order valence-corrected chi connectivity index (χ3v) is 19.1. The summed E-state index contributed by atoms with van der Waals surface area (Å²) in [6.07, 6.45) is 55.3. The molecule has 3 rings (SSSR count). The van der Waals surface area contributed by atoms with Crippen LogP contribution in [0.25, 0.3) is 0 Å². The second-order valence-electron chi connectivity index (χ2n) is 27.8. The molecule has 3 aliphatic rings. The maximum absolute atomic E-state index is 13.5. The second-order valence-corrected chi connectivity index (χ2v) is 27.8. The lowest BCUT2D eigenvalue weighted by molar-refractivity contribution is -0.379. The Morgan fingerprint density at radius 3 is 1.12 bits per heavy atom. The zero-order valence-corrected chi connectivity index (χ0v) is 61.6. The number of aliphatic hydroxyl groups is 11. The van der Waals surface area contributed by atoms with Crippen LogP contribution < -0.4 is 5.32 Å². The topological polar surface area (TPSA) is 307 Å². The van der Waals surface area contributed by atoms with Crippen LogP contribution in [0.15, 0.2) is 97.2 Å². The fraction of sp³-hybridized carbons (Fsp3) is 0.790. The van der Waals surface area contributed by atoms with Gasteiger partial charge in [-0.3, -0.25) is 4.79 Å². The zero-order valence-electron chi connectivity index (χ0n) is 61.6. The summed E-state index contributed by atoms with van der Waals surface area (Å²) in [7, 11) is 0. The Hall–Kier alpha value is -3.29. The average molecular weight is 1420 g/mol. The summed E-state index contributed by atoms with van der Waals surface area (Å²) in [5, 5.41) is 121. The number of unbranched alkanes of at least 4 members (excludes halogenated alkanes) is 31. The standard InChI is InChI=1S/C81H141NO18/c1-3-5-7-9-11-13-15-17-19-21-23-25-27-29-31-33-34-36-38-40-42-44-46-48-50-52-54-56-58-65(86)64(82-69(87)59-57-55-53-51-49-47-45-43-41-39-37-35-32-30-28-26-24-22-20-18-16-14-12-10-8-6-4-2)63-95-79-75(93)72(90)77(67(61-84)97-79)100-81-76(94)73(91)78(68(62-85)98-81)99-80-74(92)71(89)70(88)66(60-83)96-80/h6,8,12,14,18,20,24,26,30,32,40,42,48,50,56,58,64-68,70-81,83-86,88-94H,3-5,7,9-11,13,15-17,19,21-23,25,27-29,31,33-39,41,43-47,49,51-55,57,59-63H2,1-2H3,(H,82,87)/b8-6-,14-12-,20-18-,26-24-,32-30-,42-40+,50-48+,58-56+. The number of nitrogens with one attached hydrogen (secondary N) is 1. The molecule has 0 radical (unpaired) electrons. The number of hydrogen-bond donors (Lipinski definition) is 12. The second kappa shape index (κ2) is 60.9. The molecular formula is C81H141NO18. The van der Waals surface area contributed by atoms with Crippen LogP contribution in [0.2, 0.25) is 0 Å². The van der Waals surface area contributed by atoms with Gasteiger partial charge in [-0.05, 0) is 89.9 Å². The molecular weight excluding hydrogens is 1270 g/mol. The summed E-state index contributed by atoms with van der Waals surface area (Å²) in [5.41, 5.74) is 0. The molecule has 0 aromatic carbocycles. The van der Waals surface area contributed by atoms with Gasteiger partial charge in [0.2, 0.25) is 5.91 Å². The van der Waals surface area contributed by atoms with Crippen LogP contribution in [0.4, 0.5) is 0 Å². The van der Waals surface area contributed by atoms with E-state index in [0.717, 1.165) is 89.9 Å². The van der Waals surface area contributed by atoms with Gasteiger partial charge >= 0.3 is 0 Å². The third kappa shape index (κ3) is 40.8. The van der Waals surface area contributed by atoms with Crippen molar-refractivity contribution in [3.05, 3.63) is 97.2 Å². The van der Waals surface area contributed by atoms with Crippen LogP contribution in [0.3, 0.4) is 0 Å². The van der Waals surface area contributed by atoms with Gasteiger partial charge in [0.25, 0.3) is 0 Å². The summed E-state index contributed by atoms with van der Waals surface area (Å²) < 4.78 is 34.4. The molecule has 17 unspecified atom stereocenters. The summed E-state index contributed by atoms with van der Waals surface area (Å²) in [4.78, 5) is 13.5. The number of allylic oxidation sites excluding steroid dienone is 15. The van der Waals surface area contributed by atoms with Gasteiger partial charge in [-0.25, -0.2) is 0 Å². The molecule has 100 heavy (non-hydrogen) atoms. The molecule has 0 aromatic rings. The molecule has 3 aliphatic heterocycles. The van der Waals surface area contributed by atoms with Gasteiger partial charge < -0.3 is 89.9 Å². The minimum Gasteiger partial charge on any atom is -0.394 e. The Morgan fingerprint density at radius 1 is 0.370 bits per heavy atom. The predicted octanol–water partition coefficient (Wildman–Crippen LogP) is 12.8. The van der Waals surface area contributed by atoms with Crippen molar-refractivity contribution >= 4 is 5.91 Å². The first-order chi connectivity index (χ1) is 48.8. The number of amides is 1. The summed E-state index contributed by atoms with van der Waals surface area (Å²) in [6.45, 7) is 1.61. The van der Waals surface area contributed by atoms with Crippen LogP contribution >= 0.6 is 0 Å². The molecule has 0 spiro atoms. The van der Waals surface area contributed by atoms with E-state index in [-0.39, 0.29) is 18.9 Å². The van der Waals surface area contributed by atoms with E-state index < -0.39 is 124 Å². The van der Waals surface area contributed by atoms with E-state index in [1.807, 2.05) is 6.08 Å². The van der Waals surface area contributed by atoms with Crippen molar-refractivity contribution in [1.29, 1.82) is 0 Å². The molecule has 1 amide bonds. The SMILES string of the molecule is CC/C=C\C/C=C\C/C=C\C/C=C\C/C=C\CCCCCCCCCCCCCC(=O)NC(COC1OC(CO)C(OC2OC(CO)C(OC3OC(CO)C(O)C(O)C3O)C(O)C2O)C(O)C1O)C(O)/C=C/CC/C=C/CC/C=C/CCCCCCCCCCCCCCCCCCCC. The van der Waals surface area contributed by atoms with E-state index in [4.69, 9.17) is 28.4 Å². The highest BCUT2D eigenvalue weighted by Gasteiger charge is 2.53. The lowest BCUT2D eigenvalue weighted by Crippen LogP contribution is -2.66. The highest BCUT2D eigenvalue weighted by atomic mass is 16.8. The molecule has 3 fully saturated rings. The Bertz CT molecular complexity index is 2190. The van der Waals surface area contributed by atoms with Crippen molar-refractivity contribution in [2.45, 2.75) is 381 Å². The molecule has 0 bridgehead atoms. The van der Waals surface area contributed by atoms with E-state index in [1.165, 1.54) is 154 Å². The molecule has 12 N–H and O–H groups in total. The van der Waals surface area contributed by atoms with Crippen molar-refractivity contribution in [3.8, 4) is 0 Å². The van der Waals surface area contributed by atoms with Gasteiger partial charge in [0.15, 0.2) is 18.9 Å². The van der Waals surface area contributed by atoms with Crippen molar-refractivity contribution in [1.82, 2.24) is 5.32 Å². The van der Waals surface area contributed by atoms with Crippen LogP contribution in [0.1, 0.15) is 277 Å². The van der Waals surface area contributed by atoms with Gasteiger partial charge in [0, 0.05) is 6.42 Å². The highest BCUT2D eigenvalue weighted by molar-refractivity contribution is 5.76. The number of ether oxygens (including phenoxy) is 6. The Balaban J connectivity index is 1.41. The Morgan fingerprint density at radius 2 is 0.700 bits per heavy atom. The predicted molar refractivity (Wildman–Crippen MR) is 397 cm³/mol. The molecule has 0 aliphatic carbocycles. The Kier molecular flexibility index (Phi) is 55.4. The maximum Gasteiger partial charge on any atom is 0.220 e. The number of hydrogen-bond acceptors (Lipinski definition) is 18. The van der Waals surface area contributed by atoms with Crippen molar-refractivity contribution in [3.63, 3.8) is 0 Å². The fourth-order valence-corrected chi connectivity index (χ4v) is 12.8. The third-order valence-electron chi connectivity index (χ3n) is 19.1. The fourth-order valence-electron chi connectivity index (χ4n) is 12.8. The van der Waals surface area contributed by atoms with Crippen LogP contribution in [0, 0.1) is 0 Å². The minimum absolute atomic E-state index is 0.223. The largest absolute Gasteiger partial charge is 0.394 e. The van der Waals surface area contributed by atoms with Crippen molar-refractivity contribution < 1.29 is 89.4 Å². The number of aliphatic hydroxyl groups excluding tert-OH is 11. The highest BCUT2D eigenvalue weighted by Crippen LogP contribution is 2.33. The first-order valence-electron chi connectivity index (χ1n) is 39.5. The first-order valence-corrected chi connectivity index (χ1v) is 39.5. The molecule has 19 nitrogen and oxygen atoms in total. The lowest BCUT2D eigenvalue weighted by Gasteiger charge is -2.48. The maximum atomic E-state index is 13.5. The van der Waals surface area contributed by atoms with E-state index in [2.05, 4.69) is 104 Å². The smallest absolute Gasteiger partial charge is 0.220 e. The minimum atomic E-state index is -1.99. The molecule has 3 saturated heterocycles. The van der Waals surface area contributed by atoms with E-state index in [1.54, 1.807) is 6.08 Å². The molecule has 3 heterocycles.